The van der Waals surface area contributed by atoms with E-state index in [-0.39, 0.29) is 5.91 Å². The van der Waals surface area contributed by atoms with E-state index < -0.39 is 0 Å². The Morgan fingerprint density at radius 2 is 2.44 bits per heavy atom. The Morgan fingerprint density at radius 3 is 3.00 bits per heavy atom. The number of carbonyl (C=O) groups excluding carboxylic acids is 1. The second-order valence-corrected chi connectivity index (χ2v) is 7.15. The Balaban J connectivity index is 1.77. The van der Waals surface area contributed by atoms with Gasteiger partial charge in [-0.1, -0.05) is 11.6 Å². The lowest BCUT2D eigenvalue weighted by molar-refractivity contribution is -0.127. The van der Waals surface area contributed by atoms with E-state index in [9.17, 15) is 4.79 Å². The molecule has 0 aromatic carbocycles. The van der Waals surface area contributed by atoms with Crippen molar-refractivity contribution in [1.29, 1.82) is 0 Å². The van der Waals surface area contributed by atoms with Gasteiger partial charge in [-0.15, -0.1) is 11.3 Å². The molecule has 1 fully saturated rings. The fourth-order valence-electron chi connectivity index (χ4n) is 2.05. The Kier molecular flexibility index (Phi) is 5.06. The van der Waals surface area contributed by atoms with Crippen molar-refractivity contribution in [3.05, 3.63) is 19.8 Å². The summed E-state index contributed by atoms with van der Waals surface area (Å²) in [4.78, 5) is 14.6. The van der Waals surface area contributed by atoms with Gasteiger partial charge < -0.3 is 10.2 Å². The minimum atomic E-state index is 0.283. The van der Waals surface area contributed by atoms with Gasteiger partial charge in [0.25, 0.3) is 0 Å². The topological polar surface area (TPSA) is 32.3 Å². The predicted molar refractivity (Wildman–Crippen MR) is 79.1 cm³/mol. The lowest BCUT2D eigenvalue weighted by Crippen LogP contribution is -2.39. The molecule has 0 bridgehead atoms. The molecule has 2 rings (SSSR count). The zero-order valence-electron chi connectivity index (χ0n) is 10.2. The molecule has 1 saturated heterocycles. The third-order valence-corrected chi connectivity index (χ3v) is 5.46. The van der Waals surface area contributed by atoms with E-state index in [1.807, 2.05) is 11.0 Å². The van der Waals surface area contributed by atoms with Crippen LogP contribution in [0, 0.1) is 0 Å². The molecule has 1 N–H and O–H groups in total. The number of halogens is 2. The van der Waals surface area contributed by atoms with Gasteiger partial charge in [-0.3, -0.25) is 4.79 Å². The van der Waals surface area contributed by atoms with E-state index in [4.69, 9.17) is 11.6 Å². The fraction of sp³-hybridized carbons (Fsp3) is 0.583. The van der Waals surface area contributed by atoms with Crippen molar-refractivity contribution < 1.29 is 4.79 Å². The van der Waals surface area contributed by atoms with Crippen LogP contribution in [0.15, 0.2) is 10.5 Å². The monoisotopic (exact) mass is 350 g/mol. The van der Waals surface area contributed by atoms with Crippen LogP contribution >= 0.6 is 38.9 Å². The molecule has 3 nitrogen and oxygen atoms in total. The maximum Gasteiger partial charge on any atom is 0.222 e. The van der Waals surface area contributed by atoms with Gasteiger partial charge >= 0.3 is 0 Å². The van der Waals surface area contributed by atoms with Crippen molar-refractivity contribution in [3.63, 3.8) is 0 Å². The minimum absolute atomic E-state index is 0.283. The van der Waals surface area contributed by atoms with Crippen LogP contribution in [-0.2, 0) is 11.3 Å². The molecular weight excluding hydrogens is 336 g/mol. The molecule has 1 atom stereocenters. The first-order valence-electron chi connectivity index (χ1n) is 6.01. The summed E-state index contributed by atoms with van der Waals surface area (Å²) in [5, 5.41) is 3.42. The second-order valence-electron chi connectivity index (χ2n) is 4.56. The number of thiophene rings is 1. The van der Waals surface area contributed by atoms with Crippen LogP contribution in [0.4, 0.5) is 0 Å². The Bertz CT molecular complexity index is 418. The Labute approximate surface area is 125 Å². The molecule has 18 heavy (non-hydrogen) atoms. The zero-order valence-corrected chi connectivity index (χ0v) is 13.4. The first kappa shape index (κ1) is 14.3. The summed E-state index contributed by atoms with van der Waals surface area (Å²) in [6.45, 7) is 4.59. The van der Waals surface area contributed by atoms with E-state index in [1.54, 1.807) is 11.3 Å². The lowest BCUT2D eigenvalue weighted by atomic mass is 10.3. The SMILES string of the molecule is CC(CN1CCCC1=O)NCc1cc(Br)c(Cl)s1. The largest absolute Gasteiger partial charge is 0.341 e. The summed E-state index contributed by atoms with van der Waals surface area (Å²) >= 11 is 11.0. The maximum absolute atomic E-state index is 11.5. The molecule has 100 valence electrons. The first-order chi connectivity index (χ1) is 8.56. The Morgan fingerprint density at radius 1 is 1.67 bits per heavy atom. The highest BCUT2D eigenvalue weighted by Crippen LogP contribution is 2.31. The Hall–Kier alpha value is -0.100. The van der Waals surface area contributed by atoms with Crippen LogP contribution in [0.3, 0.4) is 0 Å². The molecule has 0 spiro atoms. The molecule has 0 aliphatic carbocycles. The van der Waals surface area contributed by atoms with Crippen LogP contribution in [0.25, 0.3) is 0 Å². The second kappa shape index (κ2) is 6.37. The van der Waals surface area contributed by atoms with Gasteiger partial charge in [0.15, 0.2) is 0 Å². The highest BCUT2D eigenvalue weighted by atomic mass is 79.9. The average molecular weight is 352 g/mol. The van der Waals surface area contributed by atoms with Crippen molar-refractivity contribution in [1.82, 2.24) is 10.2 Å². The van der Waals surface area contributed by atoms with Crippen molar-refractivity contribution in [3.8, 4) is 0 Å². The van der Waals surface area contributed by atoms with E-state index >= 15 is 0 Å². The summed E-state index contributed by atoms with van der Waals surface area (Å²) in [6.07, 6.45) is 1.71. The van der Waals surface area contributed by atoms with Crippen LogP contribution in [0.1, 0.15) is 24.6 Å². The first-order valence-corrected chi connectivity index (χ1v) is 8.00. The number of nitrogens with zero attached hydrogens (tertiary/aromatic N) is 1. The van der Waals surface area contributed by atoms with Crippen molar-refractivity contribution >= 4 is 44.8 Å². The van der Waals surface area contributed by atoms with Gasteiger partial charge in [0, 0.05) is 41.4 Å². The van der Waals surface area contributed by atoms with Crippen molar-refractivity contribution in [2.45, 2.75) is 32.4 Å². The predicted octanol–water partition coefficient (Wildman–Crippen LogP) is 3.26. The van der Waals surface area contributed by atoms with Gasteiger partial charge in [-0.25, -0.2) is 0 Å². The van der Waals surface area contributed by atoms with Gasteiger partial charge in [0.05, 0.1) is 0 Å². The molecular formula is C12H16BrClN2OS. The number of hydrogen-bond donors (Lipinski definition) is 1. The zero-order chi connectivity index (χ0) is 13.1. The molecule has 1 aliphatic rings. The van der Waals surface area contributed by atoms with Crippen molar-refractivity contribution in [2.24, 2.45) is 0 Å². The minimum Gasteiger partial charge on any atom is -0.341 e. The van der Waals surface area contributed by atoms with Gasteiger partial charge in [-0.2, -0.15) is 0 Å². The standard InChI is InChI=1S/C12H16BrClN2OS/c1-8(7-16-4-2-3-11(16)17)15-6-9-5-10(13)12(14)18-9/h5,8,15H,2-4,6-7H2,1H3. The van der Waals surface area contributed by atoms with Crippen molar-refractivity contribution in [2.75, 3.05) is 13.1 Å². The molecule has 2 heterocycles. The lowest BCUT2D eigenvalue weighted by Gasteiger charge is -2.21. The van der Waals surface area contributed by atoms with Crippen LogP contribution < -0.4 is 5.32 Å². The summed E-state index contributed by atoms with van der Waals surface area (Å²) in [7, 11) is 0. The number of hydrogen-bond acceptors (Lipinski definition) is 3. The maximum atomic E-state index is 11.5. The number of carbonyl (C=O) groups is 1. The third-order valence-electron chi connectivity index (χ3n) is 2.99. The van der Waals surface area contributed by atoms with Crippen LogP contribution in [-0.4, -0.2) is 29.9 Å². The molecule has 6 heteroatoms. The highest BCUT2D eigenvalue weighted by Gasteiger charge is 2.21. The molecule has 0 saturated carbocycles. The van der Waals surface area contributed by atoms with E-state index in [1.165, 1.54) is 4.88 Å². The molecule has 1 unspecified atom stereocenters. The number of likely N-dealkylation sites (tertiary alicyclic amines) is 1. The van der Waals surface area contributed by atoms with E-state index in [2.05, 4.69) is 28.2 Å². The summed E-state index contributed by atoms with van der Waals surface area (Å²) in [5.74, 6) is 0.283. The van der Waals surface area contributed by atoms with Gasteiger partial charge in [-0.05, 0) is 35.3 Å². The summed E-state index contributed by atoms with van der Waals surface area (Å²) < 4.78 is 1.74. The van der Waals surface area contributed by atoms with E-state index in [0.29, 0.717) is 12.5 Å². The molecule has 1 aromatic rings. The molecule has 1 aromatic heterocycles. The number of amides is 1. The quantitative estimate of drug-likeness (QED) is 0.883. The molecule has 1 aliphatic heterocycles. The number of nitrogens with one attached hydrogen (secondary N) is 1. The normalized spacial score (nSPS) is 17.5. The smallest absolute Gasteiger partial charge is 0.222 e. The highest BCUT2D eigenvalue weighted by molar-refractivity contribution is 9.10. The summed E-state index contributed by atoms with van der Waals surface area (Å²) in [5.41, 5.74) is 0. The van der Waals surface area contributed by atoms with Gasteiger partial charge in [0.1, 0.15) is 4.34 Å². The summed E-state index contributed by atoms with van der Waals surface area (Å²) in [6, 6.07) is 2.33. The van der Waals surface area contributed by atoms with Crippen LogP contribution in [0.5, 0.6) is 0 Å². The molecule has 0 radical (unpaired) electrons. The van der Waals surface area contributed by atoms with Gasteiger partial charge in [0.2, 0.25) is 5.91 Å². The van der Waals surface area contributed by atoms with Crippen LogP contribution in [0.2, 0.25) is 4.34 Å². The average Bonchev–Trinajstić information content (AvgIpc) is 2.85. The molecule has 1 amide bonds. The number of rotatable bonds is 5. The third kappa shape index (κ3) is 3.70. The fourth-order valence-corrected chi connectivity index (χ4v) is 3.79. The van der Waals surface area contributed by atoms with E-state index in [0.717, 1.165) is 34.9 Å².